The first-order valence-electron chi connectivity index (χ1n) is 5.54. The lowest BCUT2D eigenvalue weighted by atomic mass is 9.77. The Morgan fingerprint density at radius 3 is 1.60 bits per heavy atom. The van der Waals surface area contributed by atoms with Crippen LogP contribution in [0.4, 0.5) is 0 Å². The van der Waals surface area contributed by atoms with Crippen molar-refractivity contribution in [1.29, 1.82) is 0 Å². The average Bonchev–Trinajstić information content (AvgIpc) is 2.01. The highest BCUT2D eigenvalue weighted by atomic mass is 16.5. The maximum atomic E-state index is 5.24. The second-order valence-corrected chi connectivity index (χ2v) is 5.29. The molecular formula is C13H26O2. The molecule has 0 radical (unpaired) electrons. The Kier molecular flexibility index (Phi) is 6.15. The zero-order valence-corrected chi connectivity index (χ0v) is 11.3. The standard InChI is InChI=1S/C13H26O2/c1-10(2)12(13(3,4)5)11(8-14-6)9-15-7/h10H,8-9H2,1-7H3. The van der Waals surface area contributed by atoms with Gasteiger partial charge in [-0.2, -0.15) is 0 Å². The SMILES string of the molecule is COCC(COC)=C(C(C)C)C(C)(C)C. The van der Waals surface area contributed by atoms with Crippen molar-refractivity contribution in [3.63, 3.8) is 0 Å². The molecule has 0 rings (SSSR count). The zero-order chi connectivity index (χ0) is 12.1. The molecule has 15 heavy (non-hydrogen) atoms. The fourth-order valence-corrected chi connectivity index (χ4v) is 2.35. The van der Waals surface area contributed by atoms with Crippen molar-refractivity contribution in [2.45, 2.75) is 34.6 Å². The second kappa shape index (κ2) is 6.29. The van der Waals surface area contributed by atoms with E-state index in [0.717, 1.165) is 0 Å². The lowest BCUT2D eigenvalue weighted by molar-refractivity contribution is 0.176. The van der Waals surface area contributed by atoms with Gasteiger partial charge in [0, 0.05) is 14.2 Å². The zero-order valence-electron chi connectivity index (χ0n) is 11.3. The molecule has 0 saturated carbocycles. The van der Waals surface area contributed by atoms with Crippen LogP contribution in [0.2, 0.25) is 0 Å². The predicted octanol–water partition coefficient (Wildman–Crippen LogP) is 3.28. The Morgan fingerprint density at radius 1 is 1.00 bits per heavy atom. The molecule has 0 heterocycles. The van der Waals surface area contributed by atoms with Crippen LogP contribution in [-0.2, 0) is 9.47 Å². The Bertz CT molecular complexity index is 201. The fraction of sp³-hybridized carbons (Fsp3) is 0.846. The minimum absolute atomic E-state index is 0.181. The summed E-state index contributed by atoms with van der Waals surface area (Å²) in [4.78, 5) is 0. The van der Waals surface area contributed by atoms with Crippen LogP contribution in [0.5, 0.6) is 0 Å². The maximum absolute atomic E-state index is 5.24. The smallest absolute Gasteiger partial charge is 0.0698 e. The van der Waals surface area contributed by atoms with Gasteiger partial charge in [0.15, 0.2) is 0 Å². The lowest BCUT2D eigenvalue weighted by Crippen LogP contribution is -2.20. The van der Waals surface area contributed by atoms with E-state index in [1.165, 1.54) is 11.1 Å². The van der Waals surface area contributed by atoms with Crippen LogP contribution < -0.4 is 0 Å². The van der Waals surface area contributed by atoms with Crippen LogP contribution in [-0.4, -0.2) is 27.4 Å². The van der Waals surface area contributed by atoms with Gasteiger partial charge in [0.2, 0.25) is 0 Å². The Hall–Kier alpha value is -0.340. The van der Waals surface area contributed by atoms with E-state index in [2.05, 4.69) is 34.6 Å². The van der Waals surface area contributed by atoms with Crippen molar-refractivity contribution in [2.24, 2.45) is 11.3 Å². The summed E-state index contributed by atoms with van der Waals surface area (Å²) >= 11 is 0. The molecule has 2 heteroatoms. The fourth-order valence-electron chi connectivity index (χ4n) is 2.35. The molecule has 0 amide bonds. The molecular weight excluding hydrogens is 188 g/mol. The third-order valence-corrected chi connectivity index (χ3v) is 2.40. The number of hydrogen-bond acceptors (Lipinski definition) is 2. The minimum atomic E-state index is 0.181. The van der Waals surface area contributed by atoms with Crippen molar-refractivity contribution >= 4 is 0 Å². The summed E-state index contributed by atoms with van der Waals surface area (Å²) in [5.74, 6) is 0.533. The first-order valence-corrected chi connectivity index (χ1v) is 5.54. The molecule has 0 unspecified atom stereocenters. The van der Waals surface area contributed by atoms with E-state index in [1.54, 1.807) is 14.2 Å². The van der Waals surface area contributed by atoms with Gasteiger partial charge in [-0.25, -0.2) is 0 Å². The van der Waals surface area contributed by atoms with Gasteiger partial charge < -0.3 is 9.47 Å². The van der Waals surface area contributed by atoms with Gasteiger partial charge in [-0.15, -0.1) is 0 Å². The number of hydrogen-bond donors (Lipinski definition) is 0. The van der Waals surface area contributed by atoms with E-state index >= 15 is 0 Å². The van der Waals surface area contributed by atoms with Crippen LogP contribution in [0.3, 0.4) is 0 Å². The van der Waals surface area contributed by atoms with Crippen molar-refractivity contribution in [2.75, 3.05) is 27.4 Å². The molecule has 0 atom stereocenters. The van der Waals surface area contributed by atoms with E-state index in [0.29, 0.717) is 19.1 Å². The van der Waals surface area contributed by atoms with Gasteiger partial charge in [-0.1, -0.05) is 40.2 Å². The van der Waals surface area contributed by atoms with Crippen molar-refractivity contribution < 1.29 is 9.47 Å². The first-order chi connectivity index (χ1) is 6.84. The Balaban J connectivity index is 5.15. The van der Waals surface area contributed by atoms with Crippen LogP contribution in [0.15, 0.2) is 11.1 Å². The molecule has 0 aliphatic heterocycles. The number of methoxy groups -OCH3 is 2. The molecule has 0 spiro atoms. The maximum Gasteiger partial charge on any atom is 0.0698 e. The summed E-state index contributed by atoms with van der Waals surface area (Å²) in [6.07, 6.45) is 0. The largest absolute Gasteiger partial charge is 0.380 e. The number of allylic oxidation sites excluding steroid dienone is 1. The predicted molar refractivity (Wildman–Crippen MR) is 65.1 cm³/mol. The summed E-state index contributed by atoms with van der Waals surface area (Å²) in [6.45, 7) is 12.5. The van der Waals surface area contributed by atoms with Crippen molar-refractivity contribution in [3.8, 4) is 0 Å². The molecule has 2 nitrogen and oxygen atoms in total. The van der Waals surface area contributed by atoms with Gasteiger partial charge in [-0.05, 0) is 16.9 Å². The summed E-state index contributed by atoms with van der Waals surface area (Å²) in [7, 11) is 3.46. The number of rotatable bonds is 5. The summed E-state index contributed by atoms with van der Waals surface area (Å²) in [5, 5.41) is 0. The molecule has 0 aromatic heterocycles. The van der Waals surface area contributed by atoms with Crippen LogP contribution >= 0.6 is 0 Å². The normalized spacial score (nSPS) is 12.0. The highest BCUT2D eigenvalue weighted by Crippen LogP contribution is 2.34. The highest BCUT2D eigenvalue weighted by Gasteiger charge is 2.23. The van der Waals surface area contributed by atoms with Crippen LogP contribution in [0.25, 0.3) is 0 Å². The van der Waals surface area contributed by atoms with E-state index in [-0.39, 0.29) is 5.41 Å². The van der Waals surface area contributed by atoms with Crippen LogP contribution in [0.1, 0.15) is 34.6 Å². The molecule has 0 fully saturated rings. The average molecular weight is 214 g/mol. The molecule has 0 aliphatic carbocycles. The van der Waals surface area contributed by atoms with Gasteiger partial charge in [0.1, 0.15) is 0 Å². The Morgan fingerprint density at radius 2 is 1.40 bits per heavy atom. The van der Waals surface area contributed by atoms with E-state index in [1.807, 2.05) is 0 Å². The summed E-state index contributed by atoms with van der Waals surface area (Å²) in [6, 6.07) is 0. The van der Waals surface area contributed by atoms with Crippen molar-refractivity contribution in [1.82, 2.24) is 0 Å². The summed E-state index contributed by atoms with van der Waals surface area (Å²) in [5.41, 5.74) is 2.91. The lowest BCUT2D eigenvalue weighted by Gasteiger charge is -2.30. The van der Waals surface area contributed by atoms with Gasteiger partial charge in [0.05, 0.1) is 13.2 Å². The van der Waals surface area contributed by atoms with Crippen LogP contribution in [0, 0.1) is 11.3 Å². The molecule has 0 aromatic carbocycles. The first kappa shape index (κ1) is 14.7. The second-order valence-electron chi connectivity index (χ2n) is 5.29. The highest BCUT2D eigenvalue weighted by molar-refractivity contribution is 5.23. The van der Waals surface area contributed by atoms with E-state index in [4.69, 9.17) is 9.47 Å². The molecule has 90 valence electrons. The monoisotopic (exact) mass is 214 g/mol. The molecule has 0 N–H and O–H groups in total. The quantitative estimate of drug-likeness (QED) is 0.654. The molecule has 0 saturated heterocycles. The third kappa shape index (κ3) is 4.80. The van der Waals surface area contributed by atoms with Gasteiger partial charge in [-0.3, -0.25) is 0 Å². The molecule has 0 aliphatic rings. The van der Waals surface area contributed by atoms with E-state index < -0.39 is 0 Å². The minimum Gasteiger partial charge on any atom is -0.380 e. The van der Waals surface area contributed by atoms with E-state index in [9.17, 15) is 0 Å². The van der Waals surface area contributed by atoms with Gasteiger partial charge >= 0.3 is 0 Å². The Labute approximate surface area is 94.7 Å². The molecule has 0 aromatic rings. The topological polar surface area (TPSA) is 18.5 Å². The number of ether oxygens (including phenoxy) is 2. The van der Waals surface area contributed by atoms with Crippen molar-refractivity contribution in [3.05, 3.63) is 11.1 Å². The summed E-state index contributed by atoms with van der Waals surface area (Å²) < 4.78 is 10.5. The van der Waals surface area contributed by atoms with Gasteiger partial charge in [0.25, 0.3) is 0 Å². The molecule has 0 bridgehead atoms. The third-order valence-electron chi connectivity index (χ3n) is 2.40.